The highest BCUT2D eigenvalue weighted by Crippen LogP contribution is 2.33. The van der Waals surface area contributed by atoms with Crippen molar-refractivity contribution in [3.8, 4) is 11.5 Å². The van der Waals surface area contributed by atoms with Gasteiger partial charge < -0.3 is 9.47 Å². The van der Waals surface area contributed by atoms with Gasteiger partial charge in [-0.25, -0.2) is 8.42 Å². The lowest BCUT2D eigenvalue weighted by atomic mass is 10.0. The molecule has 1 aliphatic rings. The first-order valence-corrected chi connectivity index (χ1v) is 12.4. The van der Waals surface area contributed by atoms with Crippen LogP contribution in [0.1, 0.15) is 18.5 Å². The van der Waals surface area contributed by atoms with E-state index in [2.05, 4.69) is 9.88 Å². The SMILES string of the molecule is COc1ccc(S(=O)(=O)N(c2cccc(OC)c2)C2CCN(Cc3ccccn3)CC2)cc1. The van der Waals surface area contributed by atoms with E-state index in [4.69, 9.17) is 9.47 Å². The molecule has 0 amide bonds. The molecule has 0 bridgehead atoms. The summed E-state index contributed by atoms with van der Waals surface area (Å²) in [6.45, 7) is 2.34. The van der Waals surface area contributed by atoms with Crippen molar-refractivity contribution in [2.75, 3.05) is 31.6 Å². The van der Waals surface area contributed by atoms with Crippen molar-refractivity contribution in [3.05, 3.63) is 78.6 Å². The minimum Gasteiger partial charge on any atom is -0.497 e. The number of methoxy groups -OCH3 is 2. The van der Waals surface area contributed by atoms with Gasteiger partial charge in [0.2, 0.25) is 0 Å². The molecule has 1 saturated heterocycles. The second-order valence-corrected chi connectivity index (χ2v) is 9.82. The van der Waals surface area contributed by atoms with Gasteiger partial charge in [0.15, 0.2) is 0 Å². The van der Waals surface area contributed by atoms with E-state index >= 15 is 0 Å². The van der Waals surface area contributed by atoms with E-state index in [1.54, 1.807) is 55.1 Å². The van der Waals surface area contributed by atoms with Gasteiger partial charge in [-0.1, -0.05) is 12.1 Å². The fraction of sp³-hybridized carbons (Fsp3) is 0.320. The minimum atomic E-state index is -3.79. The van der Waals surface area contributed by atoms with Crippen molar-refractivity contribution < 1.29 is 17.9 Å². The van der Waals surface area contributed by atoms with Crippen molar-refractivity contribution in [1.82, 2.24) is 9.88 Å². The molecule has 0 N–H and O–H groups in total. The third-order valence-electron chi connectivity index (χ3n) is 5.92. The van der Waals surface area contributed by atoms with Gasteiger partial charge in [-0.15, -0.1) is 0 Å². The molecule has 0 unspecified atom stereocenters. The number of likely N-dealkylation sites (tertiary alicyclic amines) is 1. The molecule has 4 rings (SSSR count). The second kappa shape index (κ2) is 10.2. The van der Waals surface area contributed by atoms with E-state index in [1.165, 1.54) is 0 Å². The Kier molecular flexibility index (Phi) is 7.15. The zero-order valence-corrected chi connectivity index (χ0v) is 19.7. The first-order valence-electron chi connectivity index (χ1n) is 11.0. The average molecular weight is 468 g/mol. The molecular weight excluding hydrogens is 438 g/mol. The second-order valence-electron chi connectivity index (χ2n) is 8.01. The number of piperidine rings is 1. The molecule has 0 atom stereocenters. The molecule has 1 aromatic heterocycles. The van der Waals surface area contributed by atoms with Crippen LogP contribution in [-0.4, -0.2) is 51.7 Å². The summed E-state index contributed by atoms with van der Waals surface area (Å²) >= 11 is 0. The third-order valence-corrected chi connectivity index (χ3v) is 7.82. The number of ether oxygens (including phenoxy) is 2. The fourth-order valence-electron chi connectivity index (χ4n) is 4.19. The lowest BCUT2D eigenvalue weighted by Crippen LogP contribution is -2.47. The summed E-state index contributed by atoms with van der Waals surface area (Å²) in [5.41, 5.74) is 1.62. The maximum absolute atomic E-state index is 13.8. The van der Waals surface area contributed by atoms with Gasteiger partial charge >= 0.3 is 0 Å². The summed E-state index contributed by atoms with van der Waals surface area (Å²) in [5, 5.41) is 0. The normalized spacial score (nSPS) is 15.2. The number of rotatable bonds is 8. The Morgan fingerprint density at radius 3 is 2.30 bits per heavy atom. The highest BCUT2D eigenvalue weighted by Gasteiger charge is 2.34. The number of nitrogens with zero attached hydrogens (tertiary/aromatic N) is 3. The summed E-state index contributed by atoms with van der Waals surface area (Å²) in [6, 6.07) is 19.5. The smallest absolute Gasteiger partial charge is 0.264 e. The highest BCUT2D eigenvalue weighted by atomic mass is 32.2. The summed E-state index contributed by atoms with van der Waals surface area (Å²) in [5.74, 6) is 1.24. The van der Waals surface area contributed by atoms with Gasteiger partial charge in [-0.3, -0.25) is 14.2 Å². The van der Waals surface area contributed by atoms with Crippen LogP contribution in [0.4, 0.5) is 5.69 Å². The van der Waals surface area contributed by atoms with Crippen LogP contribution in [0.25, 0.3) is 0 Å². The zero-order valence-electron chi connectivity index (χ0n) is 18.9. The van der Waals surface area contributed by atoms with Gasteiger partial charge in [0, 0.05) is 37.9 Å². The van der Waals surface area contributed by atoms with Crippen LogP contribution in [-0.2, 0) is 16.6 Å². The fourth-order valence-corrected chi connectivity index (χ4v) is 5.89. The molecule has 3 aromatic rings. The summed E-state index contributed by atoms with van der Waals surface area (Å²) in [7, 11) is -0.648. The Labute approximate surface area is 195 Å². The predicted molar refractivity (Wildman–Crippen MR) is 128 cm³/mol. The van der Waals surface area contributed by atoms with Crippen molar-refractivity contribution in [2.24, 2.45) is 0 Å². The summed E-state index contributed by atoms with van der Waals surface area (Å²) < 4.78 is 39.8. The molecule has 1 aliphatic heterocycles. The van der Waals surface area contributed by atoms with Crippen LogP contribution in [0.2, 0.25) is 0 Å². The molecule has 8 heteroatoms. The first-order chi connectivity index (χ1) is 16.0. The number of aromatic nitrogens is 1. The van der Waals surface area contributed by atoms with Gasteiger partial charge in [0.05, 0.1) is 30.5 Å². The van der Waals surface area contributed by atoms with Gasteiger partial charge in [0.1, 0.15) is 11.5 Å². The number of sulfonamides is 1. The van der Waals surface area contributed by atoms with E-state index in [0.717, 1.165) is 38.2 Å². The molecule has 2 heterocycles. The summed E-state index contributed by atoms with van der Waals surface area (Å²) in [6.07, 6.45) is 3.24. The van der Waals surface area contributed by atoms with Crippen molar-refractivity contribution in [1.29, 1.82) is 0 Å². The molecule has 174 valence electrons. The maximum Gasteiger partial charge on any atom is 0.264 e. The monoisotopic (exact) mass is 467 g/mol. The molecule has 2 aromatic carbocycles. The van der Waals surface area contributed by atoms with Crippen molar-refractivity contribution >= 4 is 15.7 Å². The van der Waals surface area contributed by atoms with Crippen molar-refractivity contribution in [3.63, 3.8) is 0 Å². The standard InChI is InChI=1S/C25H29N3O4S/c1-31-23-9-11-25(12-10-23)33(29,30)28(22-7-5-8-24(18-22)32-2)21-13-16-27(17-14-21)19-20-6-3-4-15-26-20/h3-12,15,18,21H,13-14,16-17,19H2,1-2H3. The number of anilines is 1. The molecule has 0 saturated carbocycles. The minimum absolute atomic E-state index is 0.163. The van der Waals surface area contributed by atoms with Crippen LogP contribution >= 0.6 is 0 Å². The quantitative estimate of drug-likeness (QED) is 0.499. The topological polar surface area (TPSA) is 72.0 Å². The molecule has 0 radical (unpaired) electrons. The predicted octanol–water partition coefficient (Wildman–Crippen LogP) is 3.96. The number of hydrogen-bond donors (Lipinski definition) is 0. The molecule has 7 nitrogen and oxygen atoms in total. The summed E-state index contributed by atoms with van der Waals surface area (Å²) in [4.78, 5) is 6.97. The van der Waals surface area contributed by atoms with Crippen LogP contribution in [0, 0.1) is 0 Å². The molecule has 0 spiro atoms. The lowest BCUT2D eigenvalue weighted by Gasteiger charge is -2.39. The molecule has 33 heavy (non-hydrogen) atoms. The Hall–Kier alpha value is -3.10. The first kappa shape index (κ1) is 23.1. The van der Waals surface area contributed by atoms with Crippen LogP contribution in [0.3, 0.4) is 0 Å². The van der Waals surface area contributed by atoms with E-state index < -0.39 is 10.0 Å². The number of benzene rings is 2. The molecule has 1 fully saturated rings. The van der Waals surface area contributed by atoms with Crippen LogP contribution in [0.5, 0.6) is 11.5 Å². The van der Waals surface area contributed by atoms with Crippen LogP contribution in [0.15, 0.2) is 77.8 Å². The lowest BCUT2D eigenvalue weighted by molar-refractivity contribution is 0.204. The maximum atomic E-state index is 13.8. The average Bonchev–Trinajstić information content (AvgIpc) is 2.86. The molecule has 0 aliphatic carbocycles. The third kappa shape index (κ3) is 5.29. The molecular formula is C25H29N3O4S. The Morgan fingerprint density at radius 1 is 0.939 bits per heavy atom. The Bertz CT molecular complexity index is 1150. The largest absolute Gasteiger partial charge is 0.497 e. The Balaban J connectivity index is 1.60. The van der Waals surface area contributed by atoms with Gasteiger partial charge in [-0.2, -0.15) is 0 Å². The van der Waals surface area contributed by atoms with Gasteiger partial charge in [-0.05, 0) is 61.4 Å². The van der Waals surface area contributed by atoms with Gasteiger partial charge in [0.25, 0.3) is 10.0 Å². The van der Waals surface area contributed by atoms with Crippen molar-refractivity contribution in [2.45, 2.75) is 30.3 Å². The number of hydrogen-bond acceptors (Lipinski definition) is 6. The van der Waals surface area contributed by atoms with E-state index in [0.29, 0.717) is 17.2 Å². The van der Waals surface area contributed by atoms with E-state index in [-0.39, 0.29) is 10.9 Å². The van der Waals surface area contributed by atoms with Crippen LogP contribution < -0.4 is 13.8 Å². The number of pyridine rings is 1. The Morgan fingerprint density at radius 2 is 1.67 bits per heavy atom. The highest BCUT2D eigenvalue weighted by molar-refractivity contribution is 7.92. The zero-order chi connectivity index (χ0) is 23.3. The van der Waals surface area contributed by atoms with E-state index in [1.807, 2.05) is 36.4 Å². The van der Waals surface area contributed by atoms with E-state index in [9.17, 15) is 8.42 Å².